The first-order valence-electron chi connectivity index (χ1n) is 7.26. The summed E-state index contributed by atoms with van der Waals surface area (Å²) in [6, 6.07) is 11.3. The fraction of sp³-hybridized carbons (Fsp3) is 0.222. The van der Waals surface area contributed by atoms with Gasteiger partial charge in [-0.2, -0.15) is 0 Å². The van der Waals surface area contributed by atoms with Crippen molar-refractivity contribution in [1.29, 1.82) is 0 Å². The third-order valence-electron chi connectivity index (χ3n) is 3.46. The van der Waals surface area contributed by atoms with Crippen LogP contribution in [0, 0.1) is 18.8 Å². The van der Waals surface area contributed by atoms with Crippen molar-refractivity contribution in [2.24, 2.45) is 0 Å². The number of alkyl halides is 1. The molecule has 5 heteroatoms. The summed E-state index contributed by atoms with van der Waals surface area (Å²) in [5.41, 5.74) is 3.15. The molecular formula is C18H15ClN2O2. The van der Waals surface area contributed by atoms with Crippen molar-refractivity contribution in [2.75, 3.05) is 23.9 Å². The number of amides is 1. The number of carbonyl (C=O) groups excluding carboxylic acids is 1. The van der Waals surface area contributed by atoms with Gasteiger partial charge in [-0.3, -0.25) is 4.79 Å². The van der Waals surface area contributed by atoms with E-state index in [-0.39, 0.29) is 11.8 Å². The summed E-state index contributed by atoms with van der Waals surface area (Å²) >= 11 is 5.68. The quantitative estimate of drug-likeness (QED) is 0.598. The average molecular weight is 327 g/mol. The molecule has 3 rings (SSSR count). The third kappa shape index (κ3) is 3.46. The van der Waals surface area contributed by atoms with Crippen LogP contribution in [-0.2, 0) is 4.79 Å². The van der Waals surface area contributed by atoms with E-state index in [4.69, 9.17) is 16.3 Å². The van der Waals surface area contributed by atoms with Gasteiger partial charge in [0.15, 0.2) is 0 Å². The number of aryl methyl sites for hydroxylation is 1. The molecule has 0 saturated heterocycles. The van der Waals surface area contributed by atoms with Crippen LogP contribution in [0.1, 0.15) is 17.0 Å². The molecule has 4 nitrogen and oxygen atoms in total. The second-order valence-corrected chi connectivity index (χ2v) is 5.39. The molecule has 0 aliphatic carbocycles. The lowest BCUT2D eigenvalue weighted by Gasteiger charge is -2.29. The highest BCUT2D eigenvalue weighted by molar-refractivity contribution is 6.29. The minimum Gasteiger partial charge on any atom is -0.490 e. The van der Waals surface area contributed by atoms with Crippen molar-refractivity contribution in [3.8, 4) is 17.6 Å². The van der Waals surface area contributed by atoms with Crippen LogP contribution in [-0.4, -0.2) is 29.9 Å². The molecule has 0 unspecified atom stereocenters. The lowest BCUT2D eigenvalue weighted by atomic mass is 10.1. The topological polar surface area (TPSA) is 42.4 Å². The van der Waals surface area contributed by atoms with Crippen molar-refractivity contribution < 1.29 is 9.53 Å². The first-order valence-corrected chi connectivity index (χ1v) is 7.79. The van der Waals surface area contributed by atoms with E-state index in [0.29, 0.717) is 30.3 Å². The second kappa shape index (κ2) is 6.72. The van der Waals surface area contributed by atoms with Gasteiger partial charge < -0.3 is 9.64 Å². The summed E-state index contributed by atoms with van der Waals surface area (Å²) in [4.78, 5) is 17.9. The molecule has 1 amide bonds. The molecule has 0 fully saturated rings. The number of anilines is 1. The van der Waals surface area contributed by atoms with Gasteiger partial charge in [0.05, 0.1) is 12.2 Å². The Morgan fingerprint density at radius 1 is 1.35 bits per heavy atom. The van der Waals surface area contributed by atoms with Gasteiger partial charge >= 0.3 is 0 Å². The molecule has 2 heterocycles. The Morgan fingerprint density at radius 3 is 3.00 bits per heavy atom. The average Bonchev–Trinajstić information content (AvgIpc) is 2.58. The summed E-state index contributed by atoms with van der Waals surface area (Å²) in [6.45, 7) is 2.89. The Balaban J connectivity index is 1.93. The maximum Gasteiger partial charge on any atom is 0.242 e. The van der Waals surface area contributed by atoms with E-state index in [2.05, 4.69) is 16.8 Å². The Kier molecular flexibility index (Phi) is 4.50. The molecular weight excluding hydrogens is 312 g/mol. The number of pyridine rings is 1. The van der Waals surface area contributed by atoms with Gasteiger partial charge in [0.25, 0.3) is 0 Å². The molecule has 0 saturated carbocycles. The zero-order valence-corrected chi connectivity index (χ0v) is 13.4. The summed E-state index contributed by atoms with van der Waals surface area (Å²) in [5, 5.41) is 0. The molecule has 23 heavy (non-hydrogen) atoms. The van der Waals surface area contributed by atoms with Crippen LogP contribution < -0.4 is 9.64 Å². The number of halogens is 1. The first kappa shape index (κ1) is 15.4. The molecule has 1 aliphatic heterocycles. The Hall–Kier alpha value is -2.51. The number of benzene rings is 1. The molecule has 0 radical (unpaired) electrons. The smallest absolute Gasteiger partial charge is 0.242 e. The molecule has 1 aromatic carbocycles. The number of ether oxygens (including phenoxy) is 1. The standard InChI is InChI=1S/C18H15ClN2O2/c1-13-3-2-4-15(20-13)7-5-14-6-8-17-16(11-14)21(9-10-23-17)18(22)12-19/h2-4,6,8,11H,9-10,12H2,1H3. The van der Waals surface area contributed by atoms with E-state index in [1.54, 1.807) is 4.90 Å². The number of hydrogen-bond donors (Lipinski definition) is 0. The van der Waals surface area contributed by atoms with E-state index in [1.807, 2.05) is 43.3 Å². The number of hydrogen-bond acceptors (Lipinski definition) is 3. The predicted octanol–water partition coefficient (Wildman–Crippen LogP) is 2.75. The number of rotatable bonds is 1. The lowest BCUT2D eigenvalue weighted by Crippen LogP contribution is -2.38. The highest BCUT2D eigenvalue weighted by Crippen LogP contribution is 2.32. The highest BCUT2D eigenvalue weighted by Gasteiger charge is 2.23. The minimum absolute atomic E-state index is 0.0530. The van der Waals surface area contributed by atoms with E-state index in [0.717, 1.165) is 11.3 Å². The number of aromatic nitrogens is 1. The Labute approximate surface area is 140 Å². The van der Waals surface area contributed by atoms with Gasteiger partial charge in [0, 0.05) is 11.3 Å². The fourth-order valence-electron chi connectivity index (χ4n) is 2.38. The van der Waals surface area contributed by atoms with Crippen molar-refractivity contribution in [3.63, 3.8) is 0 Å². The van der Waals surface area contributed by atoms with Gasteiger partial charge in [-0.05, 0) is 43.2 Å². The van der Waals surface area contributed by atoms with Crippen molar-refractivity contribution in [3.05, 3.63) is 53.3 Å². The molecule has 0 spiro atoms. The van der Waals surface area contributed by atoms with Crippen molar-refractivity contribution >= 4 is 23.2 Å². The molecule has 1 aliphatic rings. The summed E-state index contributed by atoms with van der Waals surface area (Å²) in [7, 11) is 0. The second-order valence-electron chi connectivity index (χ2n) is 5.12. The van der Waals surface area contributed by atoms with Gasteiger partial charge in [0.1, 0.15) is 23.9 Å². The number of nitrogens with zero attached hydrogens (tertiary/aromatic N) is 2. The Morgan fingerprint density at radius 2 is 2.22 bits per heavy atom. The highest BCUT2D eigenvalue weighted by atomic mass is 35.5. The molecule has 2 aromatic rings. The largest absolute Gasteiger partial charge is 0.490 e. The van der Waals surface area contributed by atoms with E-state index in [1.165, 1.54) is 0 Å². The Bertz CT molecular complexity index is 808. The molecule has 0 N–H and O–H groups in total. The first-order chi connectivity index (χ1) is 11.2. The van der Waals surface area contributed by atoms with E-state index in [9.17, 15) is 4.79 Å². The van der Waals surface area contributed by atoms with Gasteiger partial charge in [-0.1, -0.05) is 12.0 Å². The maximum absolute atomic E-state index is 12.0. The number of fused-ring (bicyclic) bond motifs is 1. The summed E-state index contributed by atoms with van der Waals surface area (Å²) in [6.07, 6.45) is 0. The van der Waals surface area contributed by atoms with E-state index >= 15 is 0 Å². The van der Waals surface area contributed by atoms with Gasteiger partial charge in [0.2, 0.25) is 5.91 Å². The van der Waals surface area contributed by atoms with Crippen molar-refractivity contribution in [1.82, 2.24) is 4.98 Å². The van der Waals surface area contributed by atoms with Gasteiger partial charge in [-0.25, -0.2) is 4.98 Å². The number of carbonyl (C=O) groups is 1. The van der Waals surface area contributed by atoms with E-state index < -0.39 is 0 Å². The van der Waals surface area contributed by atoms with Crippen LogP contribution in [0.2, 0.25) is 0 Å². The lowest BCUT2D eigenvalue weighted by molar-refractivity contribution is -0.116. The van der Waals surface area contributed by atoms with Gasteiger partial charge in [-0.15, -0.1) is 11.6 Å². The zero-order chi connectivity index (χ0) is 16.2. The van der Waals surface area contributed by atoms with Crippen LogP contribution in [0.4, 0.5) is 5.69 Å². The molecule has 0 bridgehead atoms. The van der Waals surface area contributed by atoms with Crippen molar-refractivity contribution in [2.45, 2.75) is 6.92 Å². The summed E-state index contributed by atoms with van der Waals surface area (Å²) in [5.74, 6) is 6.60. The van der Waals surface area contributed by atoms with Crippen LogP contribution in [0.25, 0.3) is 0 Å². The summed E-state index contributed by atoms with van der Waals surface area (Å²) < 4.78 is 5.58. The fourth-order valence-corrected chi connectivity index (χ4v) is 2.52. The molecule has 0 atom stereocenters. The van der Waals surface area contributed by atoms with Crippen LogP contribution in [0.5, 0.6) is 5.75 Å². The predicted molar refractivity (Wildman–Crippen MR) is 90.0 cm³/mol. The third-order valence-corrected chi connectivity index (χ3v) is 3.69. The normalized spacial score (nSPS) is 12.7. The minimum atomic E-state index is -0.137. The van der Waals surface area contributed by atoms with Crippen LogP contribution in [0.3, 0.4) is 0 Å². The zero-order valence-electron chi connectivity index (χ0n) is 12.7. The molecule has 116 valence electrons. The SMILES string of the molecule is Cc1cccc(C#Cc2ccc3c(c2)N(C(=O)CCl)CCO3)n1. The molecule has 1 aromatic heterocycles. The van der Waals surface area contributed by atoms with Crippen LogP contribution in [0.15, 0.2) is 36.4 Å². The van der Waals surface area contributed by atoms with Crippen LogP contribution >= 0.6 is 11.6 Å². The maximum atomic E-state index is 12.0. The monoisotopic (exact) mass is 326 g/mol.